The number of hydrazone groups is 1. The Labute approximate surface area is 177 Å². The molecule has 1 N–H and O–H groups in total. The molecule has 3 aromatic rings. The molecule has 11 heteroatoms. The van der Waals surface area contributed by atoms with E-state index in [1.807, 2.05) is 30.3 Å². The van der Waals surface area contributed by atoms with Gasteiger partial charge in [0.1, 0.15) is 0 Å². The van der Waals surface area contributed by atoms with Crippen molar-refractivity contribution in [1.29, 1.82) is 0 Å². The van der Waals surface area contributed by atoms with E-state index in [0.29, 0.717) is 28.0 Å². The fourth-order valence-electron chi connectivity index (χ4n) is 2.56. The molecule has 30 heavy (non-hydrogen) atoms. The highest BCUT2D eigenvalue weighted by Crippen LogP contribution is 2.38. The third kappa shape index (κ3) is 4.87. The molecule has 10 nitrogen and oxygen atoms in total. The summed E-state index contributed by atoms with van der Waals surface area (Å²) in [5.74, 6) is 1.21. The van der Waals surface area contributed by atoms with Crippen LogP contribution >= 0.6 is 11.8 Å². The molecule has 0 bridgehead atoms. The SMILES string of the molecule is COc1ccc(/C=N/NC(=O)CSc2nnnn2-c2ccccc2)c(OC)c1OC. The molecule has 0 saturated carbocycles. The van der Waals surface area contributed by atoms with Crippen LogP contribution < -0.4 is 19.6 Å². The van der Waals surface area contributed by atoms with Crippen molar-refractivity contribution < 1.29 is 19.0 Å². The average Bonchev–Trinajstić information content (AvgIpc) is 3.26. The molecule has 0 unspecified atom stereocenters. The lowest BCUT2D eigenvalue weighted by Crippen LogP contribution is -2.20. The minimum atomic E-state index is -0.307. The Balaban J connectivity index is 1.61. The number of thioether (sulfide) groups is 1. The Kier molecular flexibility index (Phi) is 7.22. The zero-order valence-electron chi connectivity index (χ0n) is 16.6. The monoisotopic (exact) mass is 428 g/mol. The van der Waals surface area contributed by atoms with Gasteiger partial charge in [0, 0.05) is 5.56 Å². The molecule has 0 aliphatic heterocycles. The van der Waals surface area contributed by atoms with Crippen LogP contribution in [-0.2, 0) is 4.79 Å². The zero-order valence-corrected chi connectivity index (χ0v) is 17.4. The first-order valence-electron chi connectivity index (χ1n) is 8.75. The van der Waals surface area contributed by atoms with Crippen LogP contribution in [0.15, 0.2) is 52.7 Å². The van der Waals surface area contributed by atoms with Crippen molar-refractivity contribution in [3.8, 4) is 22.9 Å². The van der Waals surface area contributed by atoms with E-state index in [1.165, 1.54) is 39.3 Å². The van der Waals surface area contributed by atoms with Crippen LogP contribution in [0, 0.1) is 0 Å². The van der Waals surface area contributed by atoms with E-state index in [1.54, 1.807) is 16.8 Å². The molecule has 1 heterocycles. The predicted octanol–water partition coefficient (Wildman–Crippen LogP) is 1.93. The topological polar surface area (TPSA) is 113 Å². The second-order valence-corrected chi connectivity index (χ2v) is 6.66. The Morgan fingerprint density at radius 1 is 1.10 bits per heavy atom. The van der Waals surface area contributed by atoms with Crippen LogP contribution in [0.25, 0.3) is 5.69 Å². The van der Waals surface area contributed by atoms with Gasteiger partial charge in [-0.25, -0.2) is 5.43 Å². The number of aromatic nitrogens is 4. The largest absolute Gasteiger partial charge is 0.493 e. The first-order chi connectivity index (χ1) is 14.7. The Morgan fingerprint density at radius 3 is 2.57 bits per heavy atom. The first-order valence-corrected chi connectivity index (χ1v) is 9.74. The maximum Gasteiger partial charge on any atom is 0.250 e. The van der Waals surface area contributed by atoms with Crippen molar-refractivity contribution >= 4 is 23.9 Å². The molecule has 2 aromatic carbocycles. The molecule has 3 rings (SSSR count). The maximum absolute atomic E-state index is 12.2. The van der Waals surface area contributed by atoms with E-state index >= 15 is 0 Å². The molecule has 0 fully saturated rings. The van der Waals surface area contributed by atoms with Gasteiger partial charge in [0.15, 0.2) is 11.5 Å². The highest BCUT2D eigenvalue weighted by molar-refractivity contribution is 7.99. The summed E-state index contributed by atoms with van der Waals surface area (Å²) in [7, 11) is 4.57. The quantitative estimate of drug-likeness (QED) is 0.313. The number of tetrazole rings is 1. The second-order valence-electron chi connectivity index (χ2n) is 5.71. The second kappa shape index (κ2) is 10.3. The zero-order chi connectivity index (χ0) is 21.3. The van der Waals surface area contributed by atoms with Crippen LogP contribution in [0.4, 0.5) is 0 Å². The number of methoxy groups -OCH3 is 3. The summed E-state index contributed by atoms with van der Waals surface area (Å²) in [6.07, 6.45) is 1.47. The van der Waals surface area contributed by atoms with E-state index < -0.39 is 0 Å². The molecule has 0 saturated heterocycles. The van der Waals surface area contributed by atoms with Crippen LogP contribution in [-0.4, -0.2) is 59.4 Å². The number of carbonyl (C=O) groups excluding carboxylic acids is 1. The summed E-state index contributed by atoms with van der Waals surface area (Å²) < 4.78 is 17.5. The molecule has 156 valence electrons. The number of carbonyl (C=O) groups is 1. The molecule has 0 aliphatic carbocycles. The highest BCUT2D eigenvalue weighted by Gasteiger charge is 2.15. The van der Waals surface area contributed by atoms with Crippen molar-refractivity contribution in [3.05, 3.63) is 48.0 Å². The highest BCUT2D eigenvalue weighted by atomic mass is 32.2. The minimum absolute atomic E-state index is 0.0909. The van der Waals surface area contributed by atoms with Crippen molar-refractivity contribution in [2.24, 2.45) is 5.10 Å². The number of benzene rings is 2. The van der Waals surface area contributed by atoms with Gasteiger partial charge in [-0.15, -0.1) is 5.10 Å². The van der Waals surface area contributed by atoms with Gasteiger partial charge >= 0.3 is 0 Å². The van der Waals surface area contributed by atoms with Gasteiger partial charge in [-0.05, 0) is 34.7 Å². The normalized spacial score (nSPS) is 10.8. The van der Waals surface area contributed by atoms with Crippen molar-refractivity contribution in [2.75, 3.05) is 27.1 Å². The lowest BCUT2D eigenvalue weighted by Gasteiger charge is -2.13. The summed E-state index contributed by atoms with van der Waals surface area (Å²) in [5, 5.41) is 16.1. The Bertz CT molecular complexity index is 1030. The van der Waals surface area contributed by atoms with Gasteiger partial charge in [-0.2, -0.15) is 9.78 Å². The summed E-state index contributed by atoms with van der Waals surface area (Å²) in [6, 6.07) is 12.9. The standard InChI is InChI=1S/C19H20N6O4S/c1-27-15-10-9-13(17(28-2)18(15)29-3)11-20-21-16(26)12-30-19-22-23-24-25(19)14-7-5-4-6-8-14/h4-11H,12H2,1-3H3,(H,21,26)/b20-11+. The Morgan fingerprint density at radius 2 is 1.87 bits per heavy atom. The Hall–Kier alpha value is -3.60. The molecule has 1 amide bonds. The maximum atomic E-state index is 12.2. The fraction of sp³-hybridized carbons (Fsp3) is 0.211. The van der Waals surface area contributed by atoms with E-state index in [4.69, 9.17) is 14.2 Å². The third-order valence-corrected chi connectivity index (χ3v) is 4.82. The van der Waals surface area contributed by atoms with Gasteiger partial charge in [0.05, 0.1) is 39.0 Å². The molecule has 0 spiro atoms. The number of para-hydroxylation sites is 1. The van der Waals surface area contributed by atoms with Crippen LogP contribution in [0.3, 0.4) is 0 Å². The summed E-state index contributed by atoms with van der Waals surface area (Å²) in [5.41, 5.74) is 3.91. The van der Waals surface area contributed by atoms with Gasteiger partial charge in [-0.1, -0.05) is 30.0 Å². The molecule has 0 atom stereocenters. The summed E-state index contributed by atoms with van der Waals surface area (Å²) in [6.45, 7) is 0. The molecular weight excluding hydrogens is 408 g/mol. The number of hydrogen-bond donors (Lipinski definition) is 1. The number of rotatable bonds is 9. The predicted molar refractivity (Wildman–Crippen MR) is 112 cm³/mol. The first kappa shape index (κ1) is 21.1. The van der Waals surface area contributed by atoms with E-state index in [2.05, 4.69) is 26.1 Å². The number of nitrogens with zero attached hydrogens (tertiary/aromatic N) is 5. The molecule has 1 aromatic heterocycles. The van der Waals surface area contributed by atoms with E-state index in [0.717, 1.165) is 5.69 Å². The molecular formula is C19H20N6O4S. The van der Waals surface area contributed by atoms with Crippen LogP contribution in [0.5, 0.6) is 17.2 Å². The van der Waals surface area contributed by atoms with E-state index in [-0.39, 0.29) is 11.7 Å². The molecule has 0 radical (unpaired) electrons. The van der Waals surface area contributed by atoms with Gasteiger partial charge in [-0.3, -0.25) is 4.79 Å². The van der Waals surface area contributed by atoms with Gasteiger partial charge < -0.3 is 14.2 Å². The van der Waals surface area contributed by atoms with Crippen molar-refractivity contribution in [2.45, 2.75) is 5.16 Å². The van der Waals surface area contributed by atoms with Crippen LogP contribution in [0.1, 0.15) is 5.56 Å². The van der Waals surface area contributed by atoms with Crippen molar-refractivity contribution in [1.82, 2.24) is 25.6 Å². The molecule has 0 aliphatic rings. The van der Waals surface area contributed by atoms with Gasteiger partial charge in [0.25, 0.3) is 5.91 Å². The van der Waals surface area contributed by atoms with Crippen LogP contribution in [0.2, 0.25) is 0 Å². The number of ether oxygens (including phenoxy) is 3. The minimum Gasteiger partial charge on any atom is -0.493 e. The number of amides is 1. The lowest BCUT2D eigenvalue weighted by atomic mass is 10.2. The van der Waals surface area contributed by atoms with Gasteiger partial charge in [0.2, 0.25) is 10.9 Å². The number of nitrogens with one attached hydrogen (secondary N) is 1. The van der Waals surface area contributed by atoms with Crippen molar-refractivity contribution in [3.63, 3.8) is 0 Å². The summed E-state index contributed by atoms with van der Waals surface area (Å²) >= 11 is 1.20. The fourth-order valence-corrected chi connectivity index (χ4v) is 3.25. The average molecular weight is 428 g/mol. The third-order valence-electron chi connectivity index (χ3n) is 3.90. The lowest BCUT2D eigenvalue weighted by molar-refractivity contribution is -0.118. The smallest absolute Gasteiger partial charge is 0.250 e. The summed E-state index contributed by atoms with van der Waals surface area (Å²) in [4.78, 5) is 12.2. The van der Waals surface area contributed by atoms with E-state index in [9.17, 15) is 4.79 Å². The number of hydrogen-bond acceptors (Lipinski definition) is 9.